The number of likely N-dealkylation sites (N-methyl/N-ethyl adjacent to an activating group) is 1. The number of hydrogen-bond donors (Lipinski definition) is 2. The second-order valence-electron chi connectivity index (χ2n) is 3.06. The van der Waals surface area contributed by atoms with Gasteiger partial charge in [-0.05, 0) is 25.6 Å². The molecular formula is C10H18N2O. The fourth-order valence-electron chi connectivity index (χ4n) is 1.28. The van der Waals surface area contributed by atoms with Gasteiger partial charge >= 0.3 is 0 Å². The van der Waals surface area contributed by atoms with Crippen LogP contribution in [0.4, 0.5) is 0 Å². The Morgan fingerprint density at radius 3 is 2.69 bits per heavy atom. The monoisotopic (exact) mass is 182 g/mol. The van der Waals surface area contributed by atoms with Crippen LogP contribution in [0.5, 0.6) is 0 Å². The molecule has 3 heteroatoms. The van der Waals surface area contributed by atoms with Crippen LogP contribution in [0.3, 0.4) is 0 Å². The number of hydrogen-bond acceptors (Lipinski definition) is 3. The lowest BCUT2D eigenvalue weighted by atomic mass is 10.1. The fraction of sp³-hybridized carbons (Fsp3) is 0.600. The normalized spacial score (nSPS) is 16.2. The summed E-state index contributed by atoms with van der Waals surface area (Å²) in [5, 5.41) is 6.46. The zero-order valence-electron chi connectivity index (χ0n) is 8.39. The van der Waals surface area contributed by atoms with Crippen molar-refractivity contribution in [3.63, 3.8) is 0 Å². The topological polar surface area (TPSA) is 33.3 Å². The maximum atomic E-state index is 5.14. The minimum atomic E-state index is 0.985. The number of allylic oxidation sites excluding steroid dienone is 4. The van der Waals surface area contributed by atoms with Gasteiger partial charge in [-0.1, -0.05) is 0 Å². The van der Waals surface area contributed by atoms with E-state index in [1.807, 2.05) is 13.1 Å². The van der Waals surface area contributed by atoms with Crippen molar-refractivity contribution in [3.8, 4) is 0 Å². The lowest BCUT2D eigenvalue weighted by Gasteiger charge is -2.15. The Bertz CT molecular complexity index is 209. The molecule has 0 spiro atoms. The zero-order chi connectivity index (χ0) is 9.52. The summed E-state index contributed by atoms with van der Waals surface area (Å²) in [5.41, 5.74) is 1.30. The van der Waals surface area contributed by atoms with Crippen molar-refractivity contribution in [1.82, 2.24) is 10.6 Å². The van der Waals surface area contributed by atoms with Gasteiger partial charge in [0.2, 0.25) is 0 Å². The molecule has 0 amide bonds. The highest BCUT2D eigenvalue weighted by Gasteiger charge is 2.04. The van der Waals surface area contributed by atoms with Crippen molar-refractivity contribution in [2.75, 3.05) is 27.2 Å². The first-order chi connectivity index (χ1) is 6.36. The molecule has 3 nitrogen and oxygen atoms in total. The third-order valence-electron chi connectivity index (χ3n) is 2.10. The predicted molar refractivity (Wildman–Crippen MR) is 54.3 cm³/mol. The van der Waals surface area contributed by atoms with Crippen LogP contribution in [0.15, 0.2) is 23.6 Å². The van der Waals surface area contributed by atoms with E-state index in [1.165, 1.54) is 5.70 Å². The Labute approximate surface area is 79.9 Å². The molecule has 0 saturated carbocycles. The van der Waals surface area contributed by atoms with Crippen molar-refractivity contribution < 1.29 is 4.74 Å². The maximum Gasteiger partial charge on any atom is 0.0959 e. The van der Waals surface area contributed by atoms with Crippen molar-refractivity contribution in [3.05, 3.63) is 23.6 Å². The molecule has 0 aliphatic heterocycles. The van der Waals surface area contributed by atoms with Crippen molar-refractivity contribution in [2.24, 2.45) is 0 Å². The molecule has 0 aromatic carbocycles. The van der Waals surface area contributed by atoms with E-state index < -0.39 is 0 Å². The SMILES string of the molecule is CNCCNC1=CC=C(OC)CC1. The van der Waals surface area contributed by atoms with Crippen molar-refractivity contribution in [2.45, 2.75) is 12.8 Å². The van der Waals surface area contributed by atoms with Crippen LogP contribution in [0.25, 0.3) is 0 Å². The molecule has 0 bridgehead atoms. The van der Waals surface area contributed by atoms with Gasteiger partial charge in [-0.3, -0.25) is 0 Å². The average molecular weight is 182 g/mol. The second-order valence-corrected chi connectivity index (χ2v) is 3.06. The Balaban J connectivity index is 2.28. The number of nitrogens with one attached hydrogen (secondary N) is 2. The van der Waals surface area contributed by atoms with Gasteiger partial charge < -0.3 is 15.4 Å². The van der Waals surface area contributed by atoms with Gasteiger partial charge in [0.1, 0.15) is 0 Å². The summed E-state index contributed by atoms with van der Waals surface area (Å²) in [4.78, 5) is 0. The minimum absolute atomic E-state index is 0.985. The molecular weight excluding hydrogens is 164 g/mol. The fourth-order valence-corrected chi connectivity index (χ4v) is 1.28. The molecule has 13 heavy (non-hydrogen) atoms. The third-order valence-corrected chi connectivity index (χ3v) is 2.10. The summed E-state index contributed by atoms with van der Waals surface area (Å²) >= 11 is 0. The van der Waals surface area contributed by atoms with E-state index in [2.05, 4.69) is 16.7 Å². The lowest BCUT2D eigenvalue weighted by molar-refractivity contribution is 0.275. The van der Waals surface area contributed by atoms with Crippen LogP contribution in [0, 0.1) is 0 Å². The smallest absolute Gasteiger partial charge is 0.0959 e. The van der Waals surface area contributed by atoms with E-state index >= 15 is 0 Å². The van der Waals surface area contributed by atoms with Gasteiger partial charge in [-0.15, -0.1) is 0 Å². The van der Waals surface area contributed by atoms with Crippen LogP contribution in [-0.4, -0.2) is 27.2 Å². The van der Waals surface area contributed by atoms with Crippen LogP contribution in [0.1, 0.15) is 12.8 Å². The zero-order valence-corrected chi connectivity index (χ0v) is 8.39. The number of methoxy groups -OCH3 is 1. The third kappa shape index (κ3) is 3.51. The first kappa shape index (κ1) is 10.1. The molecule has 0 radical (unpaired) electrons. The number of rotatable bonds is 5. The second kappa shape index (κ2) is 5.65. The summed E-state index contributed by atoms with van der Waals surface area (Å²) in [5.74, 6) is 1.07. The first-order valence-electron chi connectivity index (χ1n) is 4.69. The van der Waals surface area contributed by atoms with E-state index in [0.29, 0.717) is 0 Å². The van der Waals surface area contributed by atoms with Crippen LogP contribution in [0.2, 0.25) is 0 Å². The van der Waals surface area contributed by atoms with Gasteiger partial charge in [0.25, 0.3) is 0 Å². The summed E-state index contributed by atoms with van der Waals surface area (Å²) in [6.07, 6.45) is 6.20. The van der Waals surface area contributed by atoms with E-state index in [-0.39, 0.29) is 0 Å². The molecule has 74 valence electrons. The standard InChI is InChI=1S/C10H18N2O/c1-11-7-8-12-9-3-5-10(13-2)6-4-9/h3,5,11-12H,4,6-8H2,1-2H3. The van der Waals surface area contributed by atoms with E-state index in [4.69, 9.17) is 4.74 Å². The Morgan fingerprint density at radius 2 is 2.15 bits per heavy atom. The summed E-state index contributed by atoms with van der Waals surface area (Å²) < 4.78 is 5.14. The van der Waals surface area contributed by atoms with Gasteiger partial charge in [0.05, 0.1) is 12.9 Å². The summed E-state index contributed by atoms with van der Waals surface area (Å²) in [6, 6.07) is 0. The highest BCUT2D eigenvalue weighted by Crippen LogP contribution is 2.16. The van der Waals surface area contributed by atoms with E-state index in [9.17, 15) is 0 Å². The molecule has 0 saturated heterocycles. The van der Waals surface area contributed by atoms with Crippen LogP contribution in [-0.2, 0) is 4.74 Å². The van der Waals surface area contributed by atoms with Gasteiger partial charge in [0, 0.05) is 25.2 Å². The molecule has 2 N–H and O–H groups in total. The molecule has 0 aromatic heterocycles. The summed E-state index contributed by atoms with van der Waals surface area (Å²) in [6.45, 7) is 1.98. The van der Waals surface area contributed by atoms with Crippen molar-refractivity contribution in [1.29, 1.82) is 0 Å². The lowest BCUT2D eigenvalue weighted by Crippen LogP contribution is -2.25. The van der Waals surface area contributed by atoms with E-state index in [1.54, 1.807) is 7.11 Å². The quantitative estimate of drug-likeness (QED) is 0.622. The van der Waals surface area contributed by atoms with Crippen molar-refractivity contribution >= 4 is 0 Å². The molecule has 0 atom stereocenters. The van der Waals surface area contributed by atoms with E-state index in [0.717, 1.165) is 31.7 Å². The van der Waals surface area contributed by atoms with Gasteiger partial charge in [-0.2, -0.15) is 0 Å². The largest absolute Gasteiger partial charge is 0.501 e. The molecule has 0 aromatic rings. The Morgan fingerprint density at radius 1 is 1.31 bits per heavy atom. The maximum absolute atomic E-state index is 5.14. The molecule has 0 fully saturated rings. The van der Waals surface area contributed by atoms with Crippen LogP contribution >= 0.6 is 0 Å². The number of ether oxygens (including phenoxy) is 1. The predicted octanol–water partition coefficient (Wildman–Crippen LogP) is 1.00. The highest BCUT2D eigenvalue weighted by atomic mass is 16.5. The molecule has 1 rings (SSSR count). The average Bonchev–Trinajstić information content (AvgIpc) is 2.19. The Hall–Kier alpha value is -0.960. The molecule has 1 aliphatic carbocycles. The highest BCUT2D eigenvalue weighted by molar-refractivity contribution is 5.19. The molecule has 0 heterocycles. The molecule has 1 aliphatic rings. The van der Waals surface area contributed by atoms with Gasteiger partial charge in [0.15, 0.2) is 0 Å². The summed E-state index contributed by atoms with van der Waals surface area (Å²) in [7, 11) is 3.68. The van der Waals surface area contributed by atoms with Gasteiger partial charge in [-0.25, -0.2) is 0 Å². The molecule has 0 unspecified atom stereocenters. The Kier molecular flexibility index (Phi) is 4.40. The van der Waals surface area contributed by atoms with Crippen LogP contribution < -0.4 is 10.6 Å². The minimum Gasteiger partial charge on any atom is -0.501 e. The first-order valence-corrected chi connectivity index (χ1v) is 4.69.